The smallest absolute Gasteiger partial charge is 0.320 e. The van der Waals surface area contributed by atoms with Crippen LogP contribution in [0.2, 0.25) is 0 Å². The van der Waals surface area contributed by atoms with Gasteiger partial charge in [-0.15, -0.1) is 0 Å². The summed E-state index contributed by atoms with van der Waals surface area (Å²) >= 11 is 0. The number of carbonyl (C=O) groups excluding carboxylic acids is 1. The molecule has 0 heterocycles. The molecule has 0 aromatic carbocycles. The molecular weight excluding hydrogens is 210 g/mol. The minimum absolute atomic E-state index is 0.167. The second-order valence-corrected chi connectivity index (χ2v) is 4.95. The molecule has 2 N–H and O–H groups in total. The lowest BCUT2D eigenvalue weighted by Gasteiger charge is -2.09. The monoisotopic (exact) mass is 225 g/mol. The predicted octanol–water partition coefficient (Wildman–Crippen LogP) is -1.85. The second-order valence-electron chi connectivity index (χ2n) is 2.84. The molecule has 0 aliphatic rings. The molecule has 14 heavy (non-hydrogen) atoms. The van der Waals surface area contributed by atoms with Gasteiger partial charge in [0.2, 0.25) is 0 Å². The number of likely N-dealkylation sites (N-methyl/N-ethyl adjacent to an activating group) is 1. The van der Waals surface area contributed by atoms with Gasteiger partial charge in [0.25, 0.3) is 0 Å². The highest BCUT2D eigenvalue weighted by molar-refractivity contribution is 7.92. The number of ether oxygens (including phenoxy) is 1. The Morgan fingerprint density at radius 2 is 2.14 bits per heavy atom. The number of aliphatic hydroxyl groups excluding tert-OH is 1. The zero-order chi connectivity index (χ0) is 11.2. The molecule has 0 amide bonds. The maximum absolute atomic E-state index is 11.2. The molecule has 0 saturated carbocycles. The molecule has 0 fully saturated rings. The minimum atomic E-state index is -3.58. The molecule has 0 aromatic rings. The summed E-state index contributed by atoms with van der Waals surface area (Å²) in [5.41, 5.74) is 0. The summed E-state index contributed by atoms with van der Waals surface area (Å²) in [6.07, 6.45) is -1.00. The Kier molecular flexibility index (Phi) is 5.66. The molecular formula is C7H15NO5S. The Hall–Kier alpha value is -0.660. The van der Waals surface area contributed by atoms with E-state index in [4.69, 9.17) is 0 Å². The van der Waals surface area contributed by atoms with E-state index >= 15 is 0 Å². The van der Waals surface area contributed by atoms with E-state index in [1.54, 1.807) is 7.05 Å². The van der Waals surface area contributed by atoms with Crippen LogP contribution < -0.4 is 5.32 Å². The Morgan fingerprint density at radius 3 is 2.57 bits per heavy atom. The summed E-state index contributed by atoms with van der Waals surface area (Å²) < 4.78 is 26.6. The van der Waals surface area contributed by atoms with E-state index in [1.165, 1.54) is 0 Å². The number of carbonyl (C=O) groups is 1. The fraction of sp³-hybridized carbons (Fsp3) is 0.857. The molecule has 1 unspecified atom stereocenters. The number of nitrogens with one attached hydrogen (secondary N) is 1. The fourth-order valence-corrected chi connectivity index (χ4v) is 2.18. The highest BCUT2D eigenvalue weighted by Gasteiger charge is 2.20. The normalized spacial score (nSPS) is 13.6. The Labute approximate surface area is 83.2 Å². The summed E-state index contributed by atoms with van der Waals surface area (Å²) in [7, 11) is -0.873. The van der Waals surface area contributed by atoms with E-state index in [-0.39, 0.29) is 6.54 Å². The van der Waals surface area contributed by atoms with Crippen molar-refractivity contribution in [3.63, 3.8) is 0 Å². The van der Waals surface area contributed by atoms with E-state index in [0.29, 0.717) is 0 Å². The quantitative estimate of drug-likeness (QED) is 0.516. The minimum Gasteiger partial charge on any atom is -0.468 e. The van der Waals surface area contributed by atoms with Gasteiger partial charge in [-0.1, -0.05) is 0 Å². The van der Waals surface area contributed by atoms with Gasteiger partial charge in [0.1, 0.15) is 5.75 Å². The summed E-state index contributed by atoms with van der Waals surface area (Å²) in [4.78, 5) is 10.7. The molecule has 0 aromatic heterocycles. The molecule has 7 heteroatoms. The lowest BCUT2D eigenvalue weighted by atomic mass is 10.4. The number of aliphatic hydroxyl groups is 1. The van der Waals surface area contributed by atoms with Gasteiger partial charge in [-0.3, -0.25) is 4.79 Å². The largest absolute Gasteiger partial charge is 0.468 e. The molecule has 84 valence electrons. The molecule has 0 radical (unpaired) electrons. The first-order valence-corrected chi connectivity index (χ1v) is 5.83. The molecule has 0 bridgehead atoms. The molecule has 0 spiro atoms. The van der Waals surface area contributed by atoms with E-state index in [1.807, 2.05) is 0 Å². The van der Waals surface area contributed by atoms with Crippen molar-refractivity contribution in [2.75, 3.05) is 32.2 Å². The maximum atomic E-state index is 11.2. The lowest BCUT2D eigenvalue weighted by Crippen LogP contribution is -2.33. The second kappa shape index (κ2) is 5.94. The Morgan fingerprint density at radius 1 is 1.57 bits per heavy atom. The maximum Gasteiger partial charge on any atom is 0.320 e. The third-order valence-corrected chi connectivity index (χ3v) is 3.02. The SMILES string of the molecule is CNCC(O)CS(=O)(=O)CC(=O)OC. The van der Waals surface area contributed by atoms with E-state index < -0.39 is 33.4 Å². The van der Waals surface area contributed by atoms with Crippen molar-refractivity contribution in [3.8, 4) is 0 Å². The van der Waals surface area contributed by atoms with E-state index in [0.717, 1.165) is 7.11 Å². The van der Waals surface area contributed by atoms with Crippen LogP contribution in [0.4, 0.5) is 0 Å². The summed E-state index contributed by atoms with van der Waals surface area (Å²) in [6.45, 7) is 0.167. The third kappa shape index (κ3) is 5.90. The van der Waals surface area contributed by atoms with Gasteiger partial charge in [0.05, 0.1) is 19.0 Å². The Balaban J connectivity index is 4.14. The van der Waals surface area contributed by atoms with Gasteiger partial charge in [-0.2, -0.15) is 0 Å². The number of methoxy groups -OCH3 is 1. The van der Waals surface area contributed by atoms with Crippen molar-refractivity contribution in [2.45, 2.75) is 6.10 Å². The first-order valence-electron chi connectivity index (χ1n) is 4.01. The van der Waals surface area contributed by atoms with Crippen molar-refractivity contribution >= 4 is 15.8 Å². The van der Waals surface area contributed by atoms with Gasteiger partial charge < -0.3 is 15.2 Å². The zero-order valence-electron chi connectivity index (χ0n) is 8.19. The topological polar surface area (TPSA) is 92.7 Å². The molecule has 0 aliphatic heterocycles. The summed E-state index contributed by atoms with van der Waals surface area (Å²) in [5, 5.41) is 11.8. The molecule has 0 saturated heterocycles. The van der Waals surface area contributed by atoms with E-state index in [2.05, 4.69) is 10.1 Å². The number of esters is 1. The van der Waals surface area contributed by atoms with Crippen LogP contribution in [-0.4, -0.2) is 57.8 Å². The van der Waals surface area contributed by atoms with E-state index in [9.17, 15) is 18.3 Å². The van der Waals surface area contributed by atoms with Crippen LogP contribution in [0, 0.1) is 0 Å². The number of hydrogen-bond acceptors (Lipinski definition) is 6. The van der Waals surface area contributed by atoms with Crippen LogP contribution in [0.1, 0.15) is 0 Å². The fourth-order valence-electron chi connectivity index (χ4n) is 0.885. The lowest BCUT2D eigenvalue weighted by molar-refractivity contribution is -0.137. The first kappa shape index (κ1) is 13.3. The zero-order valence-corrected chi connectivity index (χ0v) is 9.00. The number of hydrogen-bond donors (Lipinski definition) is 2. The number of sulfone groups is 1. The van der Waals surface area contributed by atoms with Crippen molar-refractivity contribution in [3.05, 3.63) is 0 Å². The van der Waals surface area contributed by atoms with Gasteiger partial charge in [0.15, 0.2) is 9.84 Å². The van der Waals surface area contributed by atoms with Crippen molar-refractivity contribution in [1.29, 1.82) is 0 Å². The average Bonchev–Trinajstić information content (AvgIpc) is 2.02. The highest BCUT2D eigenvalue weighted by Crippen LogP contribution is 1.95. The van der Waals surface area contributed by atoms with Crippen LogP contribution in [-0.2, 0) is 19.4 Å². The van der Waals surface area contributed by atoms with Gasteiger partial charge in [0, 0.05) is 6.54 Å². The van der Waals surface area contributed by atoms with Crippen LogP contribution in [0.5, 0.6) is 0 Å². The summed E-state index contributed by atoms with van der Waals surface area (Å²) in [5.74, 6) is -1.95. The van der Waals surface area contributed by atoms with Gasteiger partial charge in [-0.25, -0.2) is 8.42 Å². The predicted molar refractivity (Wildman–Crippen MR) is 50.6 cm³/mol. The first-order chi connectivity index (χ1) is 6.41. The van der Waals surface area contributed by atoms with Gasteiger partial charge in [-0.05, 0) is 7.05 Å². The van der Waals surface area contributed by atoms with Crippen LogP contribution in [0.25, 0.3) is 0 Å². The number of rotatable bonds is 6. The third-order valence-electron chi connectivity index (χ3n) is 1.45. The van der Waals surface area contributed by atoms with Crippen molar-refractivity contribution in [2.24, 2.45) is 0 Å². The summed E-state index contributed by atoms with van der Waals surface area (Å²) in [6, 6.07) is 0. The molecule has 6 nitrogen and oxygen atoms in total. The van der Waals surface area contributed by atoms with Crippen LogP contribution in [0.15, 0.2) is 0 Å². The van der Waals surface area contributed by atoms with Crippen molar-refractivity contribution in [1.82, 2.24) is 5.32 Å². The van der Waals surface area contributed by atoms with Gasteiger partial charge >= 0.3 is 5.97 Å². The standard InChI is InChI=1S/C7H15NO5S/c1-8-3-6(9)4-14(11,12)5-7(10)13-2/h6,8-9H,3-5H2,1-2H3. The average molecular weight is 225 g/mol. The molecule has 1 atom stereocenters. The van der Waals surface area contributed by atoms with Crippen LogP contribution >= 0.6 is 0 Å². The molecule has 0 rings (SSSR count). The molecule has 0 aliphatic carbocycles. The van der Waals surface area contributed by atoms with Crippen molar-refractivity contribution < 1.29 is 23.1 Å². The Bertz CT molecular complexity index is 274. The highest BCUT2D eigenvalue weighted by atomic mass is 32.2. The van der Waals surface area contributed by atoms with Crippen LogP contribution in [0.3, 0.4) is 0 Å².